The summed E-state index contributed by atoms with van der Waals surface area (Å²) in [5.74, 6) is 3.02. The molecular formula is C54H56N6. The highest BCUT2D eigenvalue weighted by Crippen LogP contribution is 2.35. The number of allylic oxidation sites excluding steroid dienone is 17. The number of amidine groups is 2. The topological polar surface area (TPSA) is 72.8 Å². The van der Waals surface area contributed by atoms with Crippen molar-refractivity contribution in [2.24, 2.45) is 21.8 Å². The molecule has 0 amide bonds. The van der Waals surface area contributed by atoms with Crippen molar-refractivity contribution in [1.29, 1.82) is 0 Å². The minimum Gasteiger partial charge on any atom is -0.325 e. The number of nitrogens with zero attached hydrogens (tertiary/aromatic N) is 2. The van der Waals surface area contributed by atoms with Gasteiger partial charge in [0.1, 0.15) is 11.7 Å². The van der Waals surface area contributed by atoms with Crippen LogP contribution in [0.3, 0.4) is 0 Å². The zero-order chi connectivity index (χ0) is 40.1. The van der Waals surface area contributed by atoms with Gasteiger partial charge in [0.05, 0.1) is 18.5 Å². The maximum absolute atomic E-state index is 5.38. The van der Waals surface area contributed by atoms with Crippen LogP contribution in [0.2, 0.25) is 0 Å². The number of nitrogens with one attached hydrogen (secondary N) is 4. The maximum Gasteiger partial charge on any atom is 0.169 e. The molecule has 10 rings (SSSR count). The van der Waals surface area contributed by atoms with Crippen molar-refractivity contribution in [3.05, 3.63) is 214 Å². The Hall–Kier alpha value is -5.66. The van der Waals surface area contributed by atoms with Gasteiger partial charge in [0.2, 0.25) is 0 Å². The third-order valence-corrected chi connectivity index (χ3v) is 13.1. The molecule has 2 heterocycles. The molecule has 60 heavy (non-hydrogen) atoms. The molecule has 2 aromatic carbocycles. The maximum atomic E-state index is 5.38. The lowest BCUT2D eigenvalue weighted by Crippen LogP contribution is -2.59. The summed E-state index contributed by atoms with van der Waals surface area (Å²) >= 11 is 0. The SMILES string of the molecule is C1=CCCC(C2C=CC(C3=NC(C4=CC(c5cccc(C6NC(C7=CCCC=C7)NC(c7ccccc7)N6)c5)CC=C4)N=C(C4=CC=C(C5C=CC=CC5)CC4)N3)=CC2)=C1. The van der Waals surface area contributed by atoms with E-state index in [4.69, 9.17) is 9.98 Å². The standard InChI is InChI=1S/C54H56N6/c1-5-15-37(16-6-1)39-27-31-43(32-28-39)51-56-52(44-33-29-40(30-34-44)38-17-7-2-8-18-38)60-54(59-51)48-26-14-24-46(36-48)45-23-13-25-47(35-45)53-57-49(41-19-9-3-10-20-41)55-50(58-53)42-21-11-4-12-22-42/h1-3,5-7,9-11,13-15,17,19-23,25-27,29,31,33-37,40,46,49-50,53-55,57-58H,4,8,12,16,18,24,28,30,32H2,(H,56,59,60). The van der Waals surface area contributed by atoms with Crippen molar-refractivity contribution in [1.82, 2.24) is 21.3 Å². The van der Waals surface area contributed by atoms with Gasteiger partial charge in [-0.15, -0.1) is 0 Å². The second-order valence-electron chi connectivity index (χ2n) is 17.1. The lowest BCUT2D eigenvalue weighted by Gasteiger charge is -2.40. The Labute approximate surface area is 355 Å². The molecule has 7 unspecified atom stereocenters. The second kappa shape index (κ2) is 17.9. The van der Waals surface area contributed by atoms with Gasteiger partial charge in [0.25, 0.3) is 0 Å². The zero-order valence-corrected chi connectivity index (χ0v) is 34.4. The summed E-state index contributed by atoms with van der Waals surface area (Å²) in [7, 11) is 0. The second-order valence-corrected chi connectivity index (χ2v) is 17.1. The van der Waals surface area contributed by atoms with Crippen LogP contribution in [0.1, 0.15) is 92.7 Å². The molecule has 0 aromatic heterocycles. The Balaban J connectivity index is 0.931. The fourth-order valence-electron chi connectivity index (χ4n) is 9.72. The minimum atomic E-state index is -0.327. The van der Waals surface area contributed by atoms with Crippen molar-refractivity contribution in [3.63, 3.8) is 0 Å². The molecule has 4 N–H and O–H groups in total. The lowest BCUT2D eigenvalue weighted by atomic mass is 9.84. The molecule has 6 aliphatic carbocycles. The van der Waals surface area contributed by atoms with Crippen LogP contribution in [0.4, 0.5) is 0 Å². The third-order valence-electron chi connectivity index (χ3n) is 13.1. The van der Waals surface area contributed by atoms with E-state index in [1.165, 1.54) is 39.0 Å². The molecule has 1 fully saturated rings. The molecule has 7 atom stereocenters. The predicted octanol–water partition coefficient (Wildman–Crippen LogP) is 11.0. The Morgan fingerprint density at radius 2 is 1.32 bits per heavy atom. The van der Waals surface area contributed by atoms with Crippen LogP contribution in [0.25, 0.3) is 0 Å². The molecule has 1 saturated heterocycles. The van der Waals surface area contributed by atoms with E-state index in [1.807, 2.05) is 0 Å². The molecule has 6 nitrogen and oxygen atoms in total. The van der Waals surface area contributed by atoms with Crippen molar-refractivity contribution in [2.45, 2.75) is 88.4 Å². The van der Waals surface area contributed by atoms with Crippen LogP contribution in [0.15, 0.2) is 207 Å². The molecule has 2 aromatic rings. The number of benzene rings is 2. The van der Waals surface area contributed by atoms with Gasteiger partial charge in [-0.25, -0.2) is 9.98 Å². The fraction of sp³-hybridized carbons (Fsp3) is 0.296. The molecule has 0 spiro atoms. The summed E-state index contributed by atoms with van der Waals surface area (Å²) in [6.45, 7) is 0. The van der Waals surface area contributed by atoms with Gasteiger partial charge >= 0.3 is 0 Å². The quantitative estimate of drug-likeness (QED) is 0.204. The average Bonchev–Trinajstić information content (AvgIpc) is 3.35. The van der Waals surface area contributed by atoms with Crippen molar-refractivity contribution < 1.29 is 0 Å². The van der Waals surface area contributed by atoms with Gasteiger partial charge in [0.15, 0.2) is 6.17 Å². The summed E-state index contributed by atoms with van der Waals surface area (Å²) in [5, 5.41) is 15.3. The van der Waals surface area contributed by atoms with Crippen molar-refractivity contribution >= 4 is 11.7 Å². The first kappa shape index (κ1) is 38.5. The van der Waals surface area contributed by atoms with E-state index >= 15 is 0 Å². The Morgan fingerprint density at radius 1 is 0.517 bits per heavy atom. The van der Waals surface area contributed by atoms with Crippen LogP contribution in [0.5, 0.6) is 0 Å². The van der Waals surface area contributed by atoms with E-state index < -0.39 is 0 Å². The first-order chi connectivity index (χ1) is 29.7. The average molecular weight is 789 g/mol. The number of rotatable bonds is 9. The van der Waals surface area contributed by atoms with Crippen LogP contribution < -0.4 is 21.3 Å². The molecule has 0 radical (unpaired) electrons. The summed E-state index contributed by atoms with van der Waals surface area (Å²) in [6.07, 6.45) is 50.5. The van der Waals surface area contributed by atoms with Crippen LogP contribution in [-0.2, 0) is 0 Å². The summed E-state index contributed by atoms with van der Waals surface area (Å²) in [4.78, 5) is 10.7. The summed E-state index contributed by atoms with van der Waals surface area (Å²) in [6, 6.07) is 19.9. The van der Waals surface area contributed by atoms with Gasteiger partial charge in [-0.3, -0.25) is 16.0 Å². The fourth-order valence-corrected chi connectivity index (χ4v) is 9.72. The largest absolute Gasteiger partial charge is 0.325 e. The molecule has 8 aliphatic rings. The van der Waals surface area contributed by atoms with Gasteiger partial charge < -0.3 is 5.32 Å². The summed E-state index contributed by atoms with van der Waals surface area (Å²) in [5.41, 5.74) is 11.7. The Bertz CT molecular complexity index is 2400. The molecule has 2 aliphatic heterocycles. The van der Waals surface area contributed by atoms with Gasteiger partial charge in [-0.1, -0.05) is 175 Å². The molecule has 0 bridgehead atoms. The number of aliphatic imine (C=N–C) groups is 2. The first-order valence-corrected chi connectivity index (χ1v) is 22.3. The highest BCUT2D eigenvalue weighted by Gasteiger charge is 2.31. The van der Waals surface area contributed by atoms with E-state index in [9.17, 15) is 0 Å². The molecular weight excluding hydrogens is 733 g/mol. The van der Waals surface area contributed by atoms with Crippen LogP contribution >= 0.6 is 0 Å². The molecule has 6 heteroatoms. The first-order valence-electron chi connectivity index (χ1n) is 22.3. The smallest absolute Gasteiger partial charge is 0.169 e. The normalized spacial score (nSPS) is 29.9. The predicted molar refractivity (Wildman–Crippen MR) is 248 cm³/mol. The van der Waals surface area contributed by atoms with E-state index in [2.05, 4.69) is 185 Å². The lowest BCUT2D eigenvalue weighted by molar-refractivity contribution is 0.223. The van der Waals surface area contributed by atoms with Crippen molar-refractivity contribution in [3.8, 4) is 0 Å². The highest BCUT2D eigenvalue weighted by atomic mass is 15.4. The van der Waals surface area contributed by atoms with Gasteiger partial charge in [-0.05, 0) is 91.2 Å². The summed E-state index contributed by atoms with van der Waals surface area (Å²) < 4.78 is 0. The number of hydrogen-bond donors (Lipinski definition) is 4. The third kappa shape index (κ3) is 8.64. The van der Waals surface area contributed by atoms with Crippen molar-refractivity contribution in [2.75, 3.05) is 0 Å². The van der Waals surface area contributed by atoms with Gasteiger partial charge in [-0.2, -0.15) is 0 Å². The number of hydrogen-bond acceptors (Lipinski definition) is 6. The van der Waals surface area contributed by atoms with E-state index in [1.54, 1.807) is 0 Å². The zero-order valence-electron chi connectivity index (χ0n) is 34.4. The highest BCUT2D eigenvalue weighted by molar-refractivity contribution is 6.17. The van der Waals surface area contributed by atoms with E-state index in [-0.39, 0.29) is 30.6 Å². The molecule has 0 saturated carbocycles. The Morgan fingerprint density at radius 3 is 2.10 bits per heavy atom. The monoisotopic (exact) mass is 788 g/mol. The van der Waals surface area contributed by atoms with Crippen LogP contribution in [-0.4, -0.2) is 24.0 Å². The minimum absolute atomic E-state index is 0.00888. The van der Waals surface area contributed by atoms with E-state index in [0.29, 0.717) is 11.8 Å². The Kier molecular flexibility index (Phi) is 11.5. The van der Waals surface area contributed by atoms with E-state index in [0.717, 1.165) is 80.6 Å². The molecule has 302 valence electrons. The van der Waals surface area contributed by atoms with Crippen LogP contribution in [0, 0.1) is 11.8 Å². The van der Waals surface area contributed by atoms with Gasteiger partial charge in [0, 0.05) is 23.3 Å².